The van der Waals surface area contributed by atoms with Gasteiger partial charge in [0.05, 0.1) is 10.5 Å². The van der Waals surface area contributed by atoms with Crippen LogP contribution in [0.3, 0.4) is 0 Å². The molecule has 0 aliphatic carbocycles. The van der Waals surface area contributed by atoms with E-state index in [1.54, 1.807) is 0 Å². The summed E-state index contributed by atoms with van der Waals surface area (Å²) in [4.78, 5) is 9.14. The van der Waals surface area contributed by atoms with Crippen molar-refractivity contribution in [3.05, 3.63) is 23.2 Å². The van der Waals surface area contributed by atoms with E-state index in [1.807, 2.05) is 18.2 Å². The summed E-state index contributed by atoms with van der Waals surface area (Å²) < 4.78 is 2.07. The molecule has 1 aromatic carbocycles. The molecule has 0 amide bonds. The molecule has 2 heterocycles. The molecule has 2 N–H and O–H groups in total. The molecular formula is C14H20ClN5. The molecular weight excluding hydrogens is 274 g/mol. The molecule has 1 fully saturated rings. The van der Waals surface area contributed by atoms with Crippen LogP contribution in [-0.2, 0) is 6.54 Å². The van der Waals surface area contributed by atoms with Gasteiger partial charge >= 0.3 is 0 Å². The first-order valence-electron chi connectivity index (χ1n) is 6.85. The Kier molecular flexibility index (Phi) is 3.58. The van der Waals surface area contributed by atoms with Crippen LogP contribution in [-0.4, -0.2) is 59.1 Å². The predicted molar refractivity (Wildman–Crippen MR) is 83.1 cm³/mol. The Morgan fingerprint density at radius 2 is 2.15 bits per heavy atom. The number of nitrogen functional groups attached to an aromatic ring is 1. The van der Waals surface area contributed by atoms with Crippen molar-refractivity contribution in [2.45, 2.75) is 12.6 Å². The van der Waals surface area contributed by atoms with Crippen molar-refractivity contribution in [1.82, 2.24) is 19.4 Å². The van der Waals surface area contributed by atoms with E-state index in [1.165, 1.54) is 0 Å². The third-order valence-electron chi connectivity index (χ3n) is 4.13. The fraction of sp³-hybridized carbons (Fsp3) is 0.500. The van der Waals surface area contributed by atoms with Crippen LogP contribution in [0.5, 0.6) is 0 Å². The Morgan fingerprint density at radius 1 is 1.35 bits per heavy atom. The number of nitrogens with zero attached hydrogens (tertiary/aromatic N) is 4. The van der Waals surface area contributed by atoms with Crippen LogP contribution in [0.2, 0.25) is 5.02 Å². The number of aromatic nitrogens is 2. The van der Waals surface area contributed by atoms with E-state index in [4.69, 9.17) is 17.3 Å². The Bertz CT molecular complexity index is 623. The number of benzene rings is 1. The number of hydrogen-bond acceptors (Lipinski definition) is 4. The topological polar surface area (TPSA) is 50.3 Å². The van der Waals surface area contributed by atoms with Crippen LogP contribution in [0.25, 0.3) is 11.0 Å². The van der Waals surface area contributed by atoms with Gasteiger partial charge in [-0.2, -0.15) is 0 Å². The summed E-state index contributed by atoms with van der Waals surface area (Å²) in [6.07, 6.45) is 0. The Labute approximate surface area is 123 Å². The average Bonchev–Trinajstić information content (AvgIpc) is 2.73. The first kappa shape index (κ1) is 13.7. The zero-order chi connectivity index (χ0) is 14.3. The van der Waals surface area contributed by atoms with Crippen molar-refractivity contribution >= 4 is 28.6 Å². The summed E-state index contributed by atoms with van der Waals surface area (Å²) >= 11 is 6.19. The number of para-hydroxylation sites is 1. The summed E-state index contributed by atoms with van der Waals surface area (Å²) in [5.74, 6) is 0.537. The highest BCUT2D eigenvalue weighted by atomic mass is 35.5. The molecule has 0 radical (unpaired) electrons. The van der Waals surface area contributed by atoms with Crippen molar-refractivity contribution in [2.24, 2.45) is 0 Å². The Balaban J connectivity index is 1.94. The monoisotopic (exact) mass is 293 g/mol. The second-order valence-corrected chi connectivity index (χ2v) is 5.99. The van der Waals surface area contributed by atoms with E-state index in [0.717, 1.165) is 37.2 Å². The van der Waals surface area contributed by atoms with Gasteiger partial charge in [0.25, 0.3) is 0 Å². The van der Waals surface area contributed by atoms with Gasteiger partial charge in [0, 0.05) is 32.2 Å². The smallest absolute Gasteiger partial charge is 0.201 e. The van der Waals surface area contributed by atoms with Crippen LogP contribution in [0.4, 0.5) is 5.95 Å². The maximum Gasteiger partial charge on any atom is 0.201 e. The van der Waals surface area contributed by atoms with Crippen molar-refractivity contribution in [3.8, 4) is 0 Å². The highest BCUT2D eigenvalue weighted by Crippen LogP contribution is 2.25. The minimum absolute atomic E-state index is 0.437. The lowest BCUT2D eigenvalue weighted by atomic mass is 10.2. The number of halogens is 1. The van der Waals surface area contributed by atoms with Crippen molar-refractivity contribution in [2.75, 3.05) is 39.5 Å². The molecule has 0 spiro atoms. The van der Waals surface area contributed by atoms with Gasteiger partial charge < -0.3 is 15.2 Å². The van der Waals surface area contributed by atoms with Crippen molar-refractivity contribution < 1.29 is 0 Å². The fourth-order valence-electron chi connectivity index (χ4n) is 2.83. The molecule has 1 atom stereocenters. The van der Waals surface area contributed by atoms with Gasteiger partial charge in [-0.3, -0.25) is 4.90 Å². The molecule has 1 aliphatic heterocycles. The quantitative estimate of drug-likeness (QED) is 0.912. The molecule has 0 bridgehead atoms. The zero-order valence-corrected chi connectivity index (χ0v) is 12.6. The number of anilines is 1. The molecule has 6 heteroatoms. The van der Waals surface area contributed by atoms with E-state index in [0.29, 0.717) is 17.0 Å². The van der Waals surface area contributed by atoms with E-state index in [2.05, 4.69) is 33.4 Å². The number of imidazole rings is 1. The minimum atomic E-state index is 0.437. The zero-order valence-electron chi connectivity index (χ0n) is 11.9. The number of rotatable bonds is 2. The maximum atomic E-state index is 6.19. The summed E-state index contributed by atoms with van der Waals surface area (Å²) in [6, 6.07) is 6.25. The standard InChI is InChI=1S/C14H20ClN5/c1-18-6-7-19(2)10(8-18)9-20-12-5-3-4-11(15)13(12)17-14(20)16/h3-5,10H,6-9H2,1-2H3,(H2,16,17). The summed E-state index contributed by atoms with van der Waals surface area (Å²) in [7, 11) is 4.33. The third-order valence-corrected chi connectivity index (χ3v) is 4.44. The molecule has 5 nitrogen and oxygen atoms in total. The first-order valence-corrected chi connectivity index (χ1v) is 7.23. The number of piperazine rings is 1. The number of nitrogens with two attached hydrogens (primary N) is 1. The van der Waals surface area contributed by atoms with Crippen LogP contribution in [0, 0.1) is 0 Å². The SMILES string of the molecule is CN1CCN(C)C(Cn2c(N)nc3c(Cl)cccc32)C1. The van der Waals surface area contributed by atoms with Crippen LogP contribution < -0.4 is 5.73 Å². The van der Waals surface area contributed by atoms with Crippen LogP contribution in [0.15, 0.2) is 18.2 Å². The summed E-state index contributed by atoms with van der Waals surface area (Å²) in [5, 5.41) is 0.655. The van der Waals surface area contributed by atoms with Gasteiger partial charge in [0.1, 0.15) is 5.52 Å². The highest BCUT2D eigenvalue weighted by molar-refractivity contribution is 6.35. The van der Waals surface area contributed by atoms with E-state index in [9.17, 15) is 0 Å². The Hall–Kier alpha value is -1.30. The lowest BCUT2D eigenvalue weighted by molar-refractivity contribution is 0.104. The minimum Gasteiger partial charge on any atom is -0.369 e. The van der Waals surface area contributed by atoms with Crippen molar-refractivity contribution in [3.63, 3.8) is 0 Å². The summed E-state index contributed by atoms with van der Waals surface area (Å²) in [6.45, 7) is 4.06. The number of hydrogen-bond donors (Lipinski definition) is 1. The largest absolute Gasteiger partial charge is 0.369 e. The van der Waals surface area contributed by atoms with E-state index >= 15 is 0 Å². The number of fused-ring (bicyclic) bond motifs is 1. The summed E-state index contributed by atoms with van der Waals surface area (Å²) in [5.41, 5.74) is 7.88. The van der Waals surface area contributed by atoms with Crippen LogP contribution >= 0.6 is 11.6 Å². The van der Waals surface area contributed by atoms with E-state index < -0.39 is 0 Å². The second-order valence-electron chi connectivity index (χ2n) is 5.58. The van der Waals surface area contributed by atoms with Gasteiger partial charge in [0.2, 0.25) is 5.95 Å². The highest BCUT2D eigenvalue weighted by Gasteiger charge is 2.24. The van der Waals surface area contributed by atoms with Crippen molar-refractivity contribution in [1.29, 1.82) is 0 Å². The lowest BCUT2D eigenvalue weighted by Crippen LogP contribution is -2.51. The molecule has 1 unspecified atom stereocenters. The van der Waals surface area contributed by atoms with E-state index in [-0.39, 0.29) is 0 Å². The molecule has 2 aromatic rings. The molecule has 1 aromatic heterocycles. The molecule has 108 valence electrons. The molecule has 3 rings (SSSR count). The molecule has 1 saturated heterocycles. The van der Waals surface area contributed by atoms with Crippen LogP contribution in [0.1, 0.15) is 0 Å². The normalized spacial score (nSPS) is 21.6. The van der Waals surface area contributed by atoms with Gasteiger partial charge in [-0.15, -0.1) is 0 Å². The average molecular weight is 294 g/mol. The maximum absolute atomic E-state index is 6.19. The Morgan fingerprint density at radius 3 is 2.95 bits per heavy atom. The van der Waals surface area contributed by atoms with Gasteiger partial charge in [-0.25, -0.2) is 4.98 Å². The lowest BCUT2D eigenvalue weighted by Gasteiger charge is -2.38. The predicted octanol–water partition coefficient (Wildman–Crippen LogP) is 1.52. The second kappa shape index (κ2) is 5.24. The van der Waals surface area contributed by atoms with Gasteiger partial charge in [0.15, 0.2) is 0 Å². The molecule has 0 saturated carbocycles. The van der Waals surface area contributed by atoms with Gasteiger partial charge in [-0.1, -0.05) is 17.7 Å². The third kappa shape index (κ3) is 2.37. The first-order chi connectivity index (χ1) is 9.56. The number of likely N-dealkylation sites (N-methyl/N-ethyl adjacent to an activating group) is 2. The van der Waals surface area contributed by atoms with Gasteiger partial charge in [-0.05, 0) is 26.2 Å². The fourth-order valence-corrected chi connectivity index (χ4v) is 3.04. The molecule has 1 aliphatic rings. The molecule has 20 heavy (non-hydrogen) atoms.